The van der Waals surface area contributed by atoms with E-state index < -0.39 is 0 Å². The third-order valence-electron chi connectivity index (χ3n) is 6.42. The molecular weight excluding hydrogens is 412 g/mol. The van der Waals surface area contributed by atoms with Crippen molar-refractivity contribution in [1.82, 2.24) is 14.7 Å². The molecule has 33 heavy (non-hydrogen) atoms. The highest BCUT2D eigenvalue weighted by atomic mass is 16.5. The Morgan fingerprint density at radius 3 is 2.61 bits per heavy atom. The number of hydrogen-bond acceptors (Lipinski definition) is 4. The summed E-state index contributed by atoms with van der Waals surface area (Å²) in [5.74, 6) is 1.80. The predicted octanol–water partition coefficient (Wildman–Crippen LogP) is 5.00. The van der Waals surface area contributed by atoms with E-state index >= 15 is 0 Å². The summed E-state index contributed by atoms with van der Waals surface area (Å²) in [5, 5.41) is 7.61. The average molecular weight is 447 g/mol. The number of methoxy groups -OCH3 is 1. The first-order valence-electron chi connectivity index (χ1n) is 11.9. The summed E-state index contributed by atoms with van der Waals surface area (Å²) < 4.78 is 7.38. The molecule has 1 saturated heterocycles. The fraction of sp³-hybridized carbons (Fsp3) is 0.407. The summed E-state index contributed by atoms with van der Waals surface area (Å²) in [4.78, 5) is 15.0. The van der Waals surface area contributed by atoms with Gasteiger partial charge in [-0.3, -0.25) is 9.69 Å². The second kappa shape index (κ2) is 11.1. The normalized spacial score (nSPS) is 14.8. The lowest BCUT2D eigenvalue weighted by Crippen LogP contribution is -2.35. The van der Waals surface area contributed by atoms with Crippen molar-refractivity contribution in [1.29, 1.82) is 0 Å². The van der Waals surface area contributed by atoms with Crippen molar-refractivity contribution in [2.24, 2.45) is 0 Å². The third kappa shape index (κ3) is 6.23. The van der Waals surface area contributed by atoms with Gasteiger partial charge in [-0.05, 0) is 55.4 Å². The minimum Gasteiger partial charge on any atom is -0.496 e. The van der Waals surface area contributed by atoms with Gasteiger partial charge in [-0.15, -0.1) is 0 Å². The number of likely N-dealkylation sites (tertiary alicyclic amines) is 1. The van der Waals surface area contributed by atoms with Gasteiger partial charge in [-0.2, -0.15) is 5.10 Å². The van der Waals surface area contributed by atoms with E-state index in [0.717, 1.165) is 56.9 Å². The molecule has 0 unspecified atom stereocenters. The fourth-order valence-corrected chi connectivity index (χ4v) is 4.63. The number of anilines is 1. The van der Waals surface area contributed by atoms with Crippen molar-refractivity contribution in [2.75, 3.05) is 25.5 Å². The van der Waals surface area contributed by atoms with Crippen LogP contribution in [0.3, 0.4) is 0 Å². The number of nitrogens with zero attached hydrogens (tertiary/aromatic N) is 3. The van der Waals surface area contributed by atoms with Gasteiger partial charge in [0, 0.05) is 32.1 Å². The van der Waals surface area contributed by atoms with Crippen LogP contribution >= 0.6 is 0 Å². The van der Waals surface area contributed by atoms with Crippen molar-refractivity contribution < 1.29 is 9.53 Å². The van der Waals surface area contributed by atoms with Crippen LogP contribution in [0, 0.1) is 6.92 Å². The molecule has 0 spiro atoms. The number of hydrogen-bond donors (Lipinski definition) is 1. The van der Waals surface area contributed by atoms with Crippen molar-refractivity contribution in [2.45, 2.75) is 51.6 Å². The van der Waals surface area contributed by atoms with Gasteiger partial charge in [0.25, 0.3) is 0 Å². The Bertz CT molecular complexity index is 1040. The van der Waals surface area contributed by atoms with E-state index in [-0.39, 0.29) is 5.91 Å². The number of carbonyl (C=O) groups is 1. The van der Waals surface area contributed by atoms with Crippen LogP contribution in [-0.4, -0.2) is 40.8 Å². The Morgan fingerprint density at radius 1 is 1.09 bits per heavy atom. The third-order valence-corrected chi connectivity index (χ3v) is 6.42. The molecule has 4 rings (SSSR count). The van der Waals surface area contributed by atoms with E-state index in [4.69, 9.17) is 4.74 Å². The first-order valence-corrected chi connectivity index (χ1v) is 11.9. The lowest BCUT2D eigenvalue weighted by atomic mass is 10.0. The van der Waals surface area contributed by atoms with Gasteiger partial charge in [-0.25, -0.2) is 4.68 Å². The van der Waals surface area contributed by atoms with Crippen molar-refractivity contribution in [3.05, 3.63) is 77.5 Å². The molecule has 1 fully saturated rings. The first kappa shape index (κ1) is 23.1. The Hall–Kier alpha value is -3.12. The van der Waals surface area contributed by atoms with Gasteiger partial charge >= 0.3 is 0 Å². The highest BCUT2D eigenvalue weighted by molar-refractivity contribution is 5.89. The molecule has 0 saturated carbocycles. The van der Waals surface area contributed by atoms with Crippen LogP contribution in [0.4, 0.5) is 5.82 Å². The van der Waals surface area contributed by atoms with Crippen LogP contribution in [0.1, 0.15) is 48.4 Å². The molecule has 1 aliphatic heterocycles. The monoisotopic (exact) mass is 446 g/mol. The standard InChI is InChI=1S/C27H34N4O2/c1-21-19-23(11-12-25(21)33-2)20-30-17-14-24(15-18-30)31-26(13-16-28-31)29-27(32)10-6-9-22-7-4-3-5-8-22/h3-5,7-8,11-13,16,19,24H,6,9-10,14-15,17-18,20H2,1-2H3,(H,29,32). The van der Waals surface area contributed by atoms with E-state index in [1.165, 1.54) is 16.7 Å². The molecule has 1 N–H and O–H groups in total. The molecule has 6 nitrogen and oxygen atoms in total. The zero-order chi connectivity index (χ0) is 23.0. The summed E-state index contributed by atoms with van der Waals surface area (Å²) >= 11 is 0. The number of rotatable bonds is 9. The average Bonchev–Trinajstić information content (AvgIpc) is 3.28. The zero-order valence-electron chi connectivity index (χ0n) is 19.7. The second-order valence-corrected chi connectivity index (χ2v) is 8.86. The molecule has 3 aromatic rings. The van der Waals surface area contributed by atoms with Crippen LogP contribution < -0.4 is 10.1 Å². The zero-order valence-corrected chi connectivity index (χ0v) is 19.7. The van der Waals surface area contributed by atoms with Crippen molar-refractivity contribution in [3.8, 4) is 5.75 Å². The fourth-order valence-electron chi connectivity index (χ4n) is 4.63. The molecule has 0 bridgehead atoms. The molecule has 174 valence electrons. The number of aromatic nitrogens is 2. The van der Waals surface area contributed by atoms with E-state index in [2.05, 4.69) is 52.6 Å². The molecule has 1 amide bonds. The minimum atomic E-state index is 0.0555. The maximum Gasteiger partial charge on any atom is 0.225 e. The van der Waals surface area contributed by atoms with Gasteiger partial charge in [-0.1, -0.05) is 42.5 Å². The maximum atomic E-state index is 12.5. The van der Waals surface area contributed by atoms with Crippen LogP contribution in [0.25, 0.3) is 0 Å². The lowest BCUT2D eigenvalue weighted by molar-refractivity contribution is -0.116. The largest absolute Gasteiger partial charge is 0.496 e. The summed E-state index contributed by atoms with van der Waals surface area (Å²) in [6, 6.07) is 18.9. The van der Waals surface area contributed by atoms with Crippen LogP contribution in [0.2, 0.25) is 0 Å². The van der Waals surface area contributed by atoms with Crippen LogP contribution in [0.5, 0.6) is 5.75 Å². The molecule has 0 radical (unpaired) electrons. The number of aryl methyl sites for hydroxylation is 2. The van der Waals surface area contributed by atoms with Crippen molar-refractivity contribution >= 4 is 11.7 Å². The SMILES string of the molecule is COc1ccc(CN2CCC(n3nccc3NC(=O)CCCc3ccccc3)CC2)cc1C. The van der Waals surface area contributed by atoms with Crippen LogP contribution in [-0.2, 0) is 17.8 Å². The molecule has 1 aliphatic rings. The second-order valence-electron chi connectivity index (χ2n) is 8.86. The Labute approximate surface area is 196 Å². The lowest BCUT2D eigenvalue weighted by Gasteiger charge is -2.32. The molecule has 2 aromatic carbocycles. The van der Waals surface area contributed by atoms with Crippen molar-refractivity contribution in [3.63, 3.8) is 0 Å². The quantitative estimate of drug-likeness (QED) is 0.503. The topological polar surface area (TPSA) is 59.4 Å². The summed E-state index contributed by atoms with van der Waals surface area (Å²) in [5.41, 5.74) is 3.76. The van der Waals surface area contributed by atoms with Gasteiger partial charge in [0.05, 0.1) is 19.3 Å². The van der Waals surface area contributed by atoms with E-state index in [9.17, 15) is 4.79 Å². The smallest absolute Gasteiger partial charge is 0.225 e. The van der Waals surface area contributed by atoms with Crippen LogP contribution in [0.15, 0.2) is 60.8 Å². The predicted molar refractivity (Wildman–Crippen MR) is 132 cm³/mol. The maximum absolute atomic E-state index is 12.5. The van der Waals surface area contributed by atoms with E-state index in [1.807, 2.05) is 28.9 Å². The number of amides is 1. The molecule has 1 aromatic heterocycles. The molecule has 2 heterocycles. The highest BCUT2D eigenvalue weighted by Gasteiger charge is 2.23. The minimum absolute atomic E-state index is 0.0555. The highest BCUT2D eigenvalue weighted by Crippen LogP contribution is 2.27. The molecular formula is C27H34N4O2. The summed E-state index contributed by atoms with van der Waals surface area (Å²) in [7, 11) is 1.71. The Kier molecular flexibility index (Phi) is 7.79. The van der Waals surface area contributed by atoms with Gasteiger partial charge in [0.2, 0.25) is 5.91 Å². The Morgan fingerprint density at radius 2 is 1.88 bits per heavy atom. The number of carbonyl (C=O) groups excluding carboxylic acids is 1. The van der Waals surface area contributed by atoms with Gasteiger partial charge in [0.15, 0.2) is 0 Å². The molecule has 0 atom stereocenters. The molecule has 0 aliphatic carbocycles. The summed E-state index contributed by atoms with van der Waals surface area (Å²) in [6.07, 6.45) is 6.10. The number of piperidine rings is 1. The summed E-state index contributed by atoms with van der Waals surface area (Å²) in [6.45, 7) is 5.06. The number of ether oxygens (including phenoxy) is 1. The number of benzene rings is 2. The van der Waals surface area contributed by atoms with E-state index in [1.54, 1.807) is 13.3 Å². The molecule has 6 heteroatoms. The Balaban J connectivity index is 1.25. The number of nitrogens with one attached hydrogen (secondary N) is 1. The van der Waals surface area contributed by atoms with Gasteiger partial charge in [0.1, 0.15) is 11.6 Å². The van der Waals surface area contributed by atoms with Gasteiger partial charge < -0.3 is 10.1 Å². The van der Waals surface area contributed by atoms with E-state index in [0.29, 0.717) is 12.5 Å². The first-order chi connectivity index (χ1) is 16.1.